The van der Waals surface area contributed by atoms with Crippen LogP contribution in [0.15, 0.2) is 28.7 Å². The fraction of sp³-hybridized carbons (Fsp3) is 0.429. The first-order chi connectivity index (χ1) is 9.36. The summed E-state index contributed by atoms with van der Waals surface area (Å²) in [5.41, 5.74) is 8.34. The molecule has 0 spiro atoms. The molecule has 5 heteroatoms. The van der Waals surface area contributed by atoms with Gasteiger partial charge in [0.25, 0.3) is 0 Å². The zero-order valence-electron chi connectivity index (χ0n) is 10.9. The average molecular weight is 258 g/mol. The molecule has 0 unspecified atom stereocenters. The highest BCUT2D eigenvalue weighted by molar-refractivity contribution is 5.34. The van der Waals surface area contributed by atoms with Crippen molar-refractivity contribution in [2.24, 2.45) is 5.73 Å². The molecule has 19 heavy (non-hydrogen) atoms. The van der Waals surface area contributed by atoms with Crippen LogP contribution in [0.25, 0.3) is 0 Å². The topological polar surface area (TPSA) is 68.2 Å². The van der Waals surface area contributed by atoms with Crippen molar-refractivity contribution in [2.45, 2.75) is 19.3 Å². The van der Waals surface area contributed by atoms with Crippen molar-refractivity contribution < 1.29 is 4.42 Å². The van der Waals surface area contributed by atoms with Gasteiger partial charge in [-0.15, -0.1) is 5.10 Å². The summed E-state index contributed by atoms with van der Waals surface area (Å²) in [6.07, 6.45) is 2.68. The molecular formula is C14H18N4O. The molecule has 0 atom stereocenters. The molecule has 0 radical (unpaired) electrons. The third-order valence-electron chi connectivity index (χ3n) is 3.51. The number of nitrogens with two attached hydrogens (primary N) is 1. The number of nitrogens with zero attached hydrogens (tertiary/aromatic N) is 3. The van der Waals surface area contributed by atoms with E-state index in [1.165, 1.54) is 11.1 Å². The van der Waals surface area contributed by atoms with Gasteiger partial charge in [-0.2, -0.15) is 0 Å². The number of rotatable bonds is 3. The van der Waals surface area contributed by atoms with Crippen molar-refractivity contribution in [1.82, 2.24) is 10.2 Å². The standard InChI is InChI=1S/C14H18N4O/c15-8-5-13-16-17-14(19-13)18-9-6-11-3-1-2-4-12(11)7-10-18/h1-4H,5-10,15H2. The molecule has 5 nitrogen and oxygen atoms in total. The number of benzene rings is 1. The summed E-state index contributed by atoms with van der Waals surface area (Å²) >= 11 is 0. The quantitative estimate of drug-likeness (QED) is 0.895. The molecule has 1 aromatic carbocycles. The number of aromatic nitrogens is 2. The van der Waals surface area contributed by atoms with E-state index >= 15 is 0 Å². The normalized spacial score (nSPS) is 15.1. The second kappa shape index (κ2) is 5.40. The fourth-order valence-electron chi connectivity index (χ4n) is 2.46. The Balaban J connectivity index is 1.74. The van der Waals surface area contributed by atoms with Gasteiger partial charge in [-0.05, 0) is 24.0 Å². The molecule has 0 fully saturated rings. The first kappa shape index (κ1) is 12.2. The first-order valence-electron chi connectivity index (χ1n) is 6.71. The van der Waals surface area contributed by atoms with Crippen molar-refractivity contribution in [3.63, 3.8) is 0 Å². The molecule has 1 aliphatic heterocycles. The number of anilines is 1. The predicted molar refractivity (Wildman–Crippen MR) is 73.1 cm³/mol. The smallest absolute Gasteiger partial charge is 0.318 e. The Hall–Kier alpha value is -1.88. The van der Waals surface area contributed by atoms with Crippen molar-refractivity contribution >= 4 is 6.01 Å². The van der Waals surface area contributed by atoms with E-state index in [0.29, 0.717) is 24.9 Å². The Morgan fingerprint density at radius 3 is 2.42 bits per heavy atom. The van der Waals surface area contributed by atoms with Gasteiger partial charge in [-0.25, -0.2) is 0 Å². The van der Waals surface area contributed by atoms with Crippen LogP contribution in [0.5, 0.6) is 0 Å². The Kier molecular flexibility index (Phi) is 3.46. The van der Waals surface area contributed by atoms with E-state index in [1.54, 1.807) is 0 Å². The van der Waals surface area contributed by atoms with E-state index in [0.717, 1.165) is 25.9 Å². The summed E-state index contributed by atoms with van der Waals surface area (Å²) in [5.74, 6) is 0.624. The van der Waals surface area contributed by atoms with Gasteiger partial charge in [0, 0.05) is 26.1 Å². The third kappa shape index (κ3) is 2.61. The second-order valence-electron chi connectivity index (χ2n) is 4.77. The maximum atomic E-state index is 5.64. The highest BCUT2D eigenvalue weighted by Gasteiger charge is 2.18. The van der Waals surface area contributed by atoms with E-state index < -0.39 is 0 Å². The van der Waals surface area contributed by atoms with Crippen LogP contribution in [0, 0.1) is 0 Å². The van der Waals surface area contributed by atoms with Crippen LogP contribution >= 0.6 is 0 Å². The summed E-state index contributed by atoms with van der Waals surface area (Å²) in [6.45, 7) is 2.37. The molecule has 3 rings (SSSR count). The lowest BCUT2D eigenvalue weighted by Gasteiger charge is -2.16. The minimum Gasteiger partial charge on any atom is -0.408 e. The molecule has 0 saturated carbocycles. The number of fused-ring (bicyclic) bond motifs is 1. The molecule has 1 aliphatic rings. The van der Waals surface area contributed by atoms with Crippen LogP contribution < -0.4 is 10.6 Å². The van der Waals surface area contributed by atoms with Crippen LogP contribution in [0.1, 0.15) is 17.0 Å². The summed E-state index contributed by atoms with van der Waals surface area (Å²) in [4.78, 5) is 2.16. The predicted octanol–water partition coefficient (Wildman–Crippen LogP) is 1.18. The van der Waals surface area contributed by atoms with Crippen LogP contribution in [-0.2, 0) is 19.3 Å². The van der Waals surface area contributed by atoms with Crippen LogP contribution in [0.3, 0.4) is 0 Å². The Bertz CT molecular complexity index is 525. The maximum Gasteiger partial charge on any atom is 0.318 e. The van der Waals surface area contributed by atoms with Gasteiger partial charge in [0.1, 0.15) is 0 Å². The monoisotopic (exact) mass is 258 g/mol. The van der Waals surface area contributed by atoms with Gasteiger partial charge in [-0.3, -0.25) is 0 Å². The largest absolute Gasteiger partial charge is 0.408 e. The molecule has 100 valence electrons. The van der Waals surface area contributed by atoms with Gasteiger partial charge in [0.05, 0.1) is 0 Å². The van der Waals surface area contributed by atoms with E-state index in [1.807, 2.05) is 0 Å². The third-order valence-corrected chi connectivity index (χ3v) is 3.51. The lowest BCUT2D eigenvalue weighted by atomic mass is 10.0. The summed E-state index contributed by atoms with van der Waals surface area (Å²) in [5, 5.41) is 8.14. The molecular weight excluding hydrogens is 240 g/mol. The number of hydrogen-bond acceptors (Lipinski definition) is 5. The van der Waals surface area contributed by atoms with Gasteiger partial charge in [-0.1, -0.05) is 29.4 Å². The lowest BCUT2D eigenvalue weighted by molar-refractivity contribution is 0.484. The Labute approximate surface area is 112 Å². The van der Waals surface area contributed by atoms with Crippen molar-refractivity contribution in [3.05, 3.63) is 41.3 Å². The van der Waals surface area contributed by atoms with Gasteiger partial charge < -0.3 is 15.1 Å². The molecule has 2 N–H and O–H groups in total. The van der Waals surface area contributed by atoms with E-state index in [4.69, 9.17) is 10.2 Å². The maximum absolute atomic E-state index is 5.64. The SMILES string of the molecule is NCCc1nnc(N2CCc3ccccc3CC2)o1. The molecule has 0 saturated heterocycles. The summed E-state index contributed by atoms with van der Waals surface area (Å²) in [6, 6.07) is 9.22. The second-order valence-corrected chi connectivity index (χ2v) is 4.77. The highest BCUT2D eigenvalue weighted by atomic mass is 16.4. The lowest BCUT2D eigenvalue weighted by Crippen LogP contribution is -2.26. The van der Waals surface area contributed by atoms with Gasteiger partial charge >= 0.3 is 6.01 Å². The van der Waals surface area contributed by atoms with E-state index in [9.17, 15) is 0 Å². The minimum absolute atomic E-state index is 0.535. The van der Waals surface area contributed by atoms with Crippen molar-refractivity contribution in [3.8, 4) is 0 Å². The summed E-state index contributed by atoms with van der Waals surface area (Å²) < 4.78 is 5.64. The molecule has 1 aromatic heterocycles. The molecule has 0 bridgehead atoms. The molecule has 2 heterocycles. The molecule has 2 aromatic rings. The van der Waals surface area contributed by atoms with Crippen LogP contribution in [0.2, 0.25) is 0 Å². The number of hydrogen-bond donors (Lipinski definition) is 1. The van der Waals surface area contributed by atoms with Crippen LogP contribution in [-0.4, -0.2) is 29.8 Å². The first-order valence-corrected chi connectivity index (χ1v) is 6.71. The van der Waals surface area contributed by atoms with Gasteiger partial charge in [0.15, 0.2) is 0 Å². The zero-order chi connectivity index (χ0) is 13.1. The summed E-state index contributed by atoms with van der Waals surface area (Å²) in [7, 11) is 0. The molecule has 0 aliphatic carbocycles. The fourth-order valence-corrected chi connectivity index (χ4v) is 2.46. The highest BCUT2D eigenvalue weighted by Crippen LogP contribution is 2.20. The average Bonchev–Trinajstić information content (AvgIpc) is 2.79. The van der Waals surface area contributed by atoms with Crippen LogP contribution in [0.4, 0.5) is 6.01 Å². The Morgan fingerprint density at radius 2 is 1.79 bits per heavy atom. The van der Waals surface area contributed by atoms with Crippen molar-refractivity contribution in [1.29, 1.82) is 0 Å². The van der Waals surface area contributed by atoms with Crippen molar-refractivity contribution in [2.75, 3.05) is 24.5 Å². The minimum atomic E-state index is 0.535. The van der Waals surface area contributed by atoms with E-state index in [2.05, 4.69) is 39.4 Å². The van der Waals surface area contributed by atoms with Gasteiger partial charge in [0.2, 0.25) is 5.89 Å². The Morgan fingerprint density at radius 1 is 1.11 bits per heavy atom. The van der Waals surface area contributed by atoms with E-state index in [-0.39, 0.29) is 0 Å². The molecule has 0 amide bonds. The zero-order valence-corrected chi connectivity index (χ0v) is 10.9.